The first kappa shape index (κ1) is 21.3. The Morgan fingerprint density at radius 2 is 1.97 bits per heavy atom. The summed E-state index contributed by atoms with van der Waals surface area (Å²) in [6.07, 6.45) is 5.87. The van der Waals surface area contributed by atoms with Crippen LogP contribution in [0.2, 0.25) is 0 Å². The van der Waals surface area contributed by atoms with Gasteiger partial charge in [0.15, 0.2) is 11.5 Å². The van der Waals surface area contributed by atoms with E-state index in [0.29, 0.717) is 36.6 Å². The second-order valence-electron chi connectivity index (χ2n) is 7.77. The van der Waals surface area contributed by atoms with Crippen molar-refractivity contribution in [3.05, 3.63) is 82.4 Å². The maximum absolute atomic E-state index is 13.1. The number of carbonyl (C=O) groups is 2. The standard InChI is InChI=1S/C24H20BrN3O5/c25-17-4-1-3-15(11-17)21-20(22(29)16-5-6-18-19(12-16)33-14-32-18)23(30)24(31)28(21)9-2-8-27-10-7-26-13-27/h1,3-7,10-13,21,29H,2,8-9,14H2. The average molecular weight is 510 g/mol. The number of imidazole rings is 1. The SMILES string of the molecule is O=C1C(=O)N(CCCn2ccnc2)C(c2cccc(Br)c2)C1=C(O)c1ccc2c(c1)OCO2. The fourth-order valence-electron chi connectivity index (χ4n) is 4.18. The van der Waals surface area contributed by atoms with Crippen LogP contribution in [0.15, 0.2) is 71.2 Å². The minimum Gasteiger partial charge on any atom is -0.507 e. The molecule has 1 unspecified atom stereocenters. The molecule has 0 bridgehead atoms. The van der Waals surface area contributed by atoms with E-state index in [4.69, 9.17) is 9.47 Å². The van der Waals surface area contributed by atoms with Crippen LogP contribution >= 0.6 is 15.9 Å². The van der Waals surface area contributed by atoms with Gasteiger partial charge in [-0.05, 0) is 42.3 Å². The predicted molar refractivity (Wildman–Crippen MR) is 123 cm³/mol. The average Bonchev–Trinajstić information content (AvgIpc) is 3.55. The number of ether oxygens (including phenoxy) is 2. The zero-order chi connectivity index (χ0) is 22.9. The number of hydrogen-bond donors (Lipinski definition) is 1. The topological polar surface area (TPSA) is 93.9 Å². The van der Waals surface area contributed by atoms with Gasteiger partial charge in [0.2, 0.25) is 6.79 Å². The van der Waals surface area contributed by atoms with Crippen molar-refractivity contribution in [2.45, 2.75) is 19.0 Å². The molecule has 168 valence electrons. The van der Waals surface area contributed by atoms with Crippen molar-refractivity contribution in [3.8, 4) is 11.5 Å². The fourth-order valence-corrected chi connectivity index (χ4v) is 4.59. The molecule has 0 saturated carbocycles. The Kier molecular flexibility index (Phi) is 5.63. The van der Waals surface area contributed by atoms with E-state index in [1.54, 1.807) is 30.7 Å². The van der Waals surface area contributed by atoms with Crippen LogP contribution < -0.4 is 9.47 Å². The van der Waals surface area contributed by atoms with Crippen molar-refractivity contribution in [2.75, 3.05) is 13.3 Å². The molecule has 5 rings (SSSR count). The minimum atomic E-state index is -0.712. The van der Waals surface area contributed by atoms with Crippen LogP contribution in [0.5, 0.6) is 11.5 Å². The van der Waals surface area contributed by atoms with Crippen LogP contribution in [0.3, 0.4) is 0 Å². The van der Waals surface area contributed by atoms with Gasteiger partial charge in [-0.15, -0.1) is 0 Å². The smallest absolute Gasteiger partial charge is 0.295 e. The Hall–Kier alpha value is -3.59. The summed E-state index contributed by atoms with van der Waals surface area (Å²) in [5, 5.41) is 11.2. The van der Waals surface area contributed by atoms with Gasteiger partial charge in [-0.1, -0.05) is 28.1 Å². The Morgan fingerprint density at radius 1 is 1.12 bits per heavy atom. The van der Waals surface area contributed by atoms with Crippen LogP contribution in [0.1, 0.15) is 23.6 Å². The van der Waals surface area contributed by atoms with Gasteiger partial charge < -0.3 is 24.0 Å². The first-order valence-electron chi connectivity index (χ1n) is 10.4. The molecule has 8 nitrogen and oxygen atoms in total. The van der Waals surface area contributed by atoms with Crippen LogP contribution in [0, 0.1) is 0 Å². The molecule has 2 aliphatic heterocycles. The number of likely N-dealkylation sites (tertiary alicyclic amines) is 1. The summed E-state index contributed by atoms with van der Waals surface area (Å²) in [4.78, 5) is 31.7. The number of aliphatic hydroxyl groups is 1. The van der Waals surface area contributed by atoms with E-state index in [2.05, 4.69) is 20.9 Å². The highest BCUT2D eigenvalue weighted by Gasteiger charge is 2.45. The van der Waals surface area contributed by atoms with Gasteiger partial charge in [0.25, 0.3) is 11.7 Å². The number of rotatable bonds is 6. The van der Waals surface area contributed by atoms with Crippen molar-refractivity contribution in [1.82, 2.24) is 14.5 Å². The predicted octanol–water partition coefficient (Wildman–Crippen LogP) is 3.89. The molecule has 0 aliphatic carbocycles. The van der Waals surface area contributed by atoms with E-state index in [9.17, 15) is 14.7 Å². The molecule has 1 aromatic heterocycles. The molecule has 1 saturated heterocycles. The van der Waals surface area contributed by atoms with Crippen LogP contribution in [0.25, 0.3) is 5.76 Å². The van der Waals surface area contributed by atoms with Crippen LogP contribution in [-0.2, 0) is 16.1 Å². The molecule has 1 N–H and O–H groups in total. The Bertz CT molecular complexity index is 1250. The number of fused-ring (bicyclic) bond motifs is 1. The normalized spacial score (nSPS) is 18.8. The van der Waals surface area contributed by atoms with E-state index < -0.39 is 17.7 Å². The summed E-state index contributed by atoms with van der Waals surface area (Å²) in [5.41, 5.74) is 1.17. The van der Waals surface area contributed by atoms with E-state index in [1.165, 1.54) is 4.90 Å². The molecule has 1 amide bonds. The lowest BCUT2D eigenvalue weighted by Gasteiger charge is -2.25. The number of halogens is 1. The monoisotopic (exact) mass is 509 g/mol. The zero-order valence-corrected chi connectivity index (χ0v) is 19.1. The van der Waals surface area contributed by atoms with Gasteiger partial charge in [0.05, 0.1) is 17.9 Å². The highest BCUT2D eigenvalue weighted by molar-refractivity contribution is 9.10. The maximum Gasteiger partial charge on any atom is 0.295 e. The number of Topliss-reactive ketones (excluding diaryl/α,β-unsaturated/α-hetero) is 1. The highest BCUT2D eigenvalue weighted by atomic mass is 79.9. The number of nitrogens with zero attached hydrogens (tertiary/aromatic N) is 3. The van der Waals surface area contributed by atoms with E-state index in [0.717, 1.165) is 10.0 Å². The van der Waals surface area contributed by atoms with Crippen LogP contribution in [-0.4, -0.2) is 44.6 Å². The molecule has 3 aromatic rings. The lowest BCUT2D eigenvalue weighted by Crippen LogP contribution is -2.31. The van der Waals surface area contributed by atoms with Gasteiger partial charge in [0, 0.05) is 35.5 Å². The van der Waals surface area contributed by atoms with Crippen molar-refractivity contribution in [2.24, 2.45) is 0 Å². The molecule has 9 heteroatoms. The molecular formula is C24H20BrN3O5. The summed E-state index contributed by atoms with van der Waals surface area (Å²) < 4.78 is 13.5. The number of aliphatic hydroxyl groups excluding tert-OH is 1. The van der Waals surface area contributed by atoms with Crippen molar-refractivity contribution < 1.29 is 24.2 Å². The summed E-state index contributed by atoms with van der Waals surface area (Å²) in [6, 6.07) is 11.6. The van der Waals surface area contributed by atoms with Crippen molar-refractivity contribution >= 4 is 33.4 Å². The molecule has 2 aliphatic rings. The number of amides is 1. The third-order valence-corrected chi connectivity index (χ3v) is 6.22. The van der Waals surface area contributed by atoms with Gasteiger partial charge in [-0.2, -0.15) is 0 Å². The molecular weight excluding hydrogens is 490 g/mol. The summed E-state index contributed by atoms with van der Waals surface area (Å²) >= 11 is 3.47. The Labute approximate surface area is 198 Å². The van der Waals surface area contributed by atoms with Gasteiger partial charge >= 0.3 is 0 Å². The van der Waals surface area contributed by atoms with Gasteiger partial charge in [-0.3, -0.25) is 9.59 Å². The Morgan fingerprint density at radius 3 is 2.76 bits per heavy atom. The molecule has 0 spiro atoms. The van der Waals surface area contributed by atoms with Crippen molar-refractivity contribution in [1.29, 1.82) is 0 Å². The Balaban J connectivity index is 1.54. The highest BCUT2D eigenvalue weighted by Crippen LogP contribution is 2.41. The zero-order valence-electron chi connectivity index (χ0n) is 17.5. The number of carbonyl (C=O) groups excluding carboxylic acids is 2. The first-order chi connectivity index (χ1) is 16.0. The third kappa shape index (κ3) is 4.00. The number of ketones is 1. The molecule has 0 radical (unpaired) electrons. The van der Waals surface area contributed by atoms with Gasteiger partial charge in [0.1, 0.15) is 5.76 Å². The lowest BCUT2D eigenvalue weighted by molar-refractivity contribution is -0.139. The molecule has 33 heavy (non-hydrogen) atoms. The fraction of sp³-hybridized carbons (Fsp3) is 0.208. The largest absolute Gasteiger partial charge is 0.507 e. The number of aromatic nitrogens is 2. The van der Waals surface area contributed by atoms with Crippen LogP contribution in [0.4, 0.5) is 0 Å². The maximum atomic E-state index is 13.1. The number of benzene rings is 2. The summed E-state index contributed by atoms with van der Waals surface area (Å²) in [5.74, 6) is -0.540. The second kappa shape index (κ2) is 8.74. The quantitative estimate of drug-likeness (QED) is 0.307. The van der Waals surface area contributed by atoms with E-state index in [-0.39, 0.29) is 18.1 Å². The summed E-state index contributed by atoms with van der Waals surface area (Å²) in [6.45, 7) is 1.09. The number of aryl methyl sites for hydroxylation is 1. The first-order valence-corrected chi connectivity index (χ1v) is 11.2. The van der Waals surface area contributed by atoms with Gasteiger partial charge in [-0.25, -0.2) is 4.98 Å². The molecule has 1 atom stereocenters. The second-order valence-corrected chi connectivity index (χ2v) is 8.69. The van der Waals surface area contributed by atoms with E-state index in [1.807, 2.05) is 35.0 Å². The number of hydrogen-bond acceptors (Lipinski definition) is 6. The van der Waals surface area contributed by atoms with E-state index >= 15 is 0 Å². The lowest BCUT2D eigenvalue weighted by atomic mass is 9.95. The molecule has 1 fully saturated rings. The minimum absolute atomic E-state index is 0.0552. The molecule has 3 heterocycles. The van der Waals surface area contributed by atoms with Crippen molar-refractivity contribution in [3.63, 3.8) is 0 Å². The third-order valence-electron chi connectivity index (χ3n) is 5.72. The molecule has 2 aromatic carbocycles. The summed E-state index contributed by atoms with van der Waals surface area (Å²) in [7, 11) is 0.